The van der Waals surface area contributed by atoms with Crippen LogP contribution in [-0.2, 0) is 23.0 Å². The van der Waals surface area contributed by atoms with Crippen molar-refractivity contribution in [3.05, 3.63) is 96.6 Å². The molecule has 1 saturated heterocycles. The molecule has 0 amide bonds. The van der Waals surface area contributed by atoms with Crippen LogP contribution in [0.1, 0.15) is 30.6 Å². The minimum Gasteiger partial charge on any atom is -0.468 e. The van der Waals surface area contributed by atoms with Crippen molar-refractivity contribution in [2.75, 3.05) is 19.6 Å². The van der Waals surface area contributed by atoms with Crippen molar-refractivity contribution in [2.24, 2.45) is 0 Å². The molecule has 0 unspecified atom stereocenters. The second kappa shape index (κ2) is 10.7. The number of benzene rings is 2. The summed E-state index contributed by atoms with van der Waals surface area (Å²) in [5, 5.41) is 0.819. The fraction of sp³-hybridized carbons (Fsp3) is 0.321. The Kier molecular flexibility index (Phi) is 7.27. The highest BCUT2D eigenvalue weighted by Gasteiger charge is 2.35. The summed E-state index contributed by atoms with van der Waals surface area (Å²) >= 11 is 0. The lowest BCUT2D eigenvalue weighted by atomic mass is 10.0. The number of likely N-dealkylation sites (tertiary alicyclic amines) is 1. The van der Waals surface area contributed by atoms with Crippen LogP contribution in [0.3, 0.4) is 0 Å². The largest absolute Gasteiger partial charge is 0.468 e. The number of pyridine rings is 1. The molecule has 182 valence electrons. The van der Waals surface area contributed by atoms with E-state index in [1.54, 1.807) is 35.0 Å². The summed E-state index contributed by atoms with van der Waals surface area (Å²) < 4.78 is 35.2. The van der Waals surface area contributed by atoms with E-state index in [-0.39, 0.29) is 17.5 Å². The second-order valence-corrected chi connectivity index (χ2v) is 11.0. The van der Waals surface area contributed by atoms with E-state index in [0.29, 0.717) is 11.3 Å². The molecule has 35 heavy (non-hydrogen) atoms. The highest BCUT2D eigenvalue weighted by molar-refractivity contribution is 7.89. The summed E-state index contributed by atoms with van der Waals surface area (Å²) in [6, 6.07) is 23.2. The molecule has 1 aliphatic rings. The maximum absolute atomic E-state index is 14.0. The van der Waals surface area contributed by atoms with Gasteiger partial charge in [-0.15, -0.1) is 0 Å². The van der Waals surface area contributed by atoms with Crippen molar-refractivity contribution >= 4 is 20.9 Å². The van der Waals surface area contributed by atoms with Gasteiger partial charge in [-0.05, 0) is 75.1 Å². The molecule has 4 aromatic rings. The predicted molar refractivity (Wildman–Crippen MR) is 137 cm³/mol. The Morgan fingerprint density at radius 2 is 1.74 bits per heavy atom. The third-order valence-corrected chi connectivity index (χ3v) is 8.75. The molecule has 6 nitrogen and oxygen atoms in total. The van der Waals surface area contributed by atoms with Crippen LogP contribution >= 0.6 is 0 Å². The van der Waals surface area contributed by atoms with E-state index in [1.165, 1.54) is 5.56 Å². The predicted octanol–water partition coefficient (Wildman–Crippen LogP) is 5.12. The van der Waals surface area contributed by atoms with E-state index in [9.17, 15) is 8.42 Å². The van der Waals surface area contributed by atoms with Gasteiger partial charge in [0.15, 0.2) is 0 Å². The zero-order valence-electron chi connectivity index (χ0n) is 19.8. The zero-order chi connectivity index (χ0) is 24.1. The zero-order valence-corrected chi connectivity index (χ0v) is 20.6. The lowest BCUT2D eigenvalue weighted by Gasteiger charge is -2.37. The SMILES string of the molecule is O=S(=O)(c1cccc2cccnc12)N(Cc1ccco1)C1CCN(CCCc2ccccc2)CC1. The average molecular weight is 490 g/mol. The summed E-state index contributed by atoms with van der Waals surface area (Å²) in [6.45, 7) is 3.02. The van der Waals surface area contributed by atoms with Gasteiger partial charge < -0.3 is 9.32 Å². The molecular weight excluding hydrogens is 458 g/mol. The number of para-hydroxylation sites is 1. The molecular formula is C28H31N3O3S. The highest BCUT2D eigenvalue weighted by Crippen LogP contribution is 2.30. The Balaban J connectivity index is 1.31. The molecule has 0 spiro atoms. The number of sulfonamides is 1. The number of piperidine rings is 1. The third kappa shape index (κ3) is 5.48. The van der Waals surface area contributed by atoms with Gasteiger partial charge in [-0.3, -0.25) is 4.98 Å². The summed E-state index contributed by atoms with van der Waals surface area (Å²) in [6.07, 6.45) is 6.99. The number of furan rings is 1. The van der Waals surface area contributed by atoms with Crippen molar-refractivity contribution in [1.29, 1.82) is 0 Å². The maximum Gasteiger partial charge on any atom is 0.245 e. The molecule has 1 fully saturated rings. The van der Waals surface area contributed by atoms with Crippen molar-refractivity contribution in [3.63, 3.8) is 0 Å². The van der Waals surface area contributed by atoms with E-state index in [2.05, 4.69) is 34.1 Å². The van der Waals surface area contributed by atoms with E-state index in [4.69, 9.17) is 4.42 Å². The Morgan fingerprint density at radius 1 is 0.943 bits per heavy atom. The topological polar surface area (TPSA) is 66.7 Å². The first-order chi connectivity index (χ1) is 17.1. The fourth-order valence-corrected chi connectivity index (χ4v) is 6.78. The van der Waals surface area contributed by atoms with Crippen molar-refractivity contribution < 1.29 is 12.8 Å². The van der Waals surface area contributed by atoms with Gasteiger partial charge in [0.05, 0.1) is 18.3 Å². The first kappa shape index (κ1) is 23.7. The Hall–Kier alpha value is -3.00. The van der Waals surface area contributed by atoms with E-state index in [0.717, 1.165) is 50.7 Å². The molecule has 0 N–H and O–H groups in total. The van der Waals surface area contributed by atoms with Gasteiger partial charge in [0, 0.05) is 17.6 Å². The van der Waals surface area contributed by atoms with Crippen LogP contribution in [0.2, 0.25) is 0 Å². The quantitative estimate of drug-likeness (QED) is 0.327. The standard InChI is InChI=1S/C28H31N3O3S/c32-35(33,27-14-4-11-24-12-5-17-29-28(24)27)31(22-26-13-7-21-34-26)25-15-19-30(20-16-25)18-6-10-23-8-2-1-3-9-23/h1-5,7-9,11-14,17,21,25H,6,10,15-16,18-20,22H2. The van der Waals surface area contributed by atoms with E-state index in [1.807, 2.05) is 30.3 Å². The smallest absolute Gasteiger partial charge is 0.245 e. The van der Waals surface area contributed by atoms with Crippen LogP contribution in [0.25, 0.3) is 10.9 Å². The molecule has 1 aliphatic heterocycles. The van der Waals surface area contributed by atoms with Crippen LogP contribution in [0.15, 0.2) is 94.6 Å². The highest BCUT2D eigenvalue weighted by atomic mass is 32.2. The molecule has 7 heteroatoms. The first-order valence-corrected chi connectivity index (χ1v) is 13.7. The van der Waals surface area contributed by atoms with Crippen LogP contribution in [0, 0.1) is 0 Å². The summed E-state index contributed by atoms with van der Waals surface area (Å²) in [5.41, 5.74) is 1.87. The number of rotatable bonds is 9. The minimum absolute atomic E-state index is 0.0885. The number of hydrogen-bond donors (Lipinski definition) is 0. The molecule has 5 rings (SSSR count). The van der Waals surface area contributed by atoms with Crippen LogP contribution < -0.4 is 0 Å². The maximum atomic E-state index is 14.0. The second-order valence-electron chi connectivity index (χ2n) is 9.12. The lowest BCUT2D eigenvalue weighted by Crippen LogP contribution is -2.47. The molecule has 0 aliphatic carbocycles. The van der Waals surface area contributed by atoms with Gasteiger partial charge in [0.1, 0.15) is 10.7 Å². The molecule has 2 aromatic heterocycles. The molecule has 0 bridgehead atoms. The molecule has 2 aromatic carbocycles. The molecule has 3 heterocycles. The van der Waals surface area contributed by atoms with Crippen molar-refractivity contribution in [2.45, 2.75) is 43.2 Å². The number of aryl methyl sites for hydroxylation is 1. The van der Waals surface area contributed by atoms with Crippen molar-refractivity contribution in [1.82, 2.24) is 14.2 Å². The Labute approximate surface area is 207 Å². The van der Waals surface area contributed by atoms with E-state index >= 15 is 0 Å². The van der Waals surface area contributed by atoms with Crippen LogP contribution in [0.4, 0.5) is 0 Å². The third-order valence-electron chi connectivity index (χ3n) is 6.82. The van der Waals surface area contributed by atoms with Crippen molar-refractivity contribution in [3.8, 4) is 0 Å². The average Bonchev–Trinajstić information content (AvgIpc) is 3.41. The lowest BCUT2D eigenvalue weighted by molar-refractivity contribution is 0.151. The number of aromatic nitrogens is 1. The van der Waals surface area contributed by atoms with Gasteiger partial charge in [0.25, 0.3) is 0 Å². The fourth-order valence-electron chi connectivity index (χ4n) is 4.96. The van der Waals surface area contributed by atoms with Gasteiger partial charge in [-0.1, -0.05) is 48.5 Å². The van der Waals surface area contributed by atoms with Gasteiger partial charge >= 0.3 is 0 Å². The number of hydrogen-bond acceptors (Lipinski definition) is 5. The summed E-state index contributed by atoms with van der Waals surface area (Å²) in [7, 11) is -3.78. The normalized spacial score (nSPS) is 15.7. The van der Waals surface area contributed by atoms with Crippen LogP contribution in [0.5, 0.6) is 0 Å². The minimum atomic E-state index is -3.78. The molecule has 0 atom stereocenters. The van der Waals surface area contributed by atoms with Gasteiger partial charge in [-0.2, -0.15) is 4.31 Å². The van der Waals surface area contributed by atoms with Crippen LogP contribution in [-0.4, -0.2) is 48.3 Å². The van der Waals surface area contributed by atoms with E-state index < -0.39 is 10.0 Å². The first-order valence-electron chi connectivity index (χ1n) is 12.3. The van der Waals surface area contributed by atoms with Gasteiger partial charge in [-0.25, -0.2) is 8.42 Å². The van der Waals surface area contributed by atoms with Gasteiger partial charge in [0.2, 0.25) is 10.0 Å². The molecule has 0 radical (unpaired) electrons. The monoisotopic (exact) mass is 489 g/mol. The Morgan fingerprint density at radius 3 is 2.51 bits per heavy atom. The number of fused-ring (bicyclic) bond motifs is 1. The summed E-state index contributed by atoms with van der Waals surface area (Å²) in [4.78, 5) is 7.12. The summed E-state index contributed by atoms with van der Waals surface area (Å²) in [5.74, 6) is 0.645. The number of nitrogens with zero attached hydrogens (tertiary/aromatic N) is 3. The molecule has 0 saturated carbocycles. The Bertz CT molecular complexity index is 1330.